The van der Waals surface area contributed by atoms with Crippen molar-refractivity contribution in [2.75, 3.05) is 7.11 Å². The third-order valence-corrected chi connectivity index (χ3v) is 2.50. The van der Waals surface area contributed by atoms with E-state index < -0.39 is 5.97 Å². The SMILES string of the molecule is COC(=O)c1c(Br)c(=O)[nH]n1C(C)C. The Morgan fingerprint density at radius 3 is 2.57 bits per heavy atom. The Kier molecular flexibility index (Phi) is 3.15. The normalized spacial score (nSPS) is 10.6. The molecule has 1 aromatic heterocycles. The van der Waals surface area contributed by atoms with Gasteiger partial charge in [0.25, 0.3) is 5.56 Å². The molecule has 6 heteroatoms. The topological polar surface area (TPSA) is 64.1 Å². The van der Waals surface area contributed by atoms with E-state index in [0.717, 1.165) is 0 Å². The Hall–Kier alpha value is -1.04. The fraction of sp³-hybridized carbons (Fsp3) is 0.500. The highest BCUT2D eigenvalue weighted by Gasteiger charge is 2.21. The maximum absolute atomic E-state index is 11.3. The van der Waals surface area contributed by atoms with Crippen molar-refractivity contribution >= 4 is 21.9 Å². The first-order valence-corrected chi connectivity index (χ1v) is 4.86. The number of nitrogens with one attached hydrogen (secondary N) is 1. The Labute approximate surface area is 89.2 Å². The summed E-state index contributed by atoms with van der Waals surface area (Å²) < 4.78 is 6.25. The van der Waals surface area contributed by atoms with Gasteiger partial charge in [0.15, 0.2) is 5.69 Å². The van der Waals surface area contributed by atoms with E-state index in [1.54, 1.807) is 0 Å². The molecule has 1 N–H and O–H groups in total. The van der Waals surface area contributed by atoms with Gasteiger partial charge in [-0.1, -0.05) is 0 Å². The van der Waals surface area contributed by atoms with Crippen LogP contribution in [0.4, 0.5) is 0 Å². The number of ether oxygens (including phenoxy) is 1. The zero-order chi connectivity index (χ0) is 10.9. The van der Waals surface area contributed by atoms with E-state index in [9.17, 15) is 9.59 Å². The average Bonchev–Trinajstić information content (AvgIpc) is 2.43. The van der Waals surface area contributed by atoms with Crippen LogP contribution < -0.4 is 5.56 Å². The molecule has 0 aliphatic heterocycles. The van der Waals surface area contributed by atoms with E-state index >= 15 is 0 Å². The van der Waals surface area contributed by atoms with Crippen molar-refractivity contribution in [3.63, 3.8) is 0 Å². The molecule has 1 heterocycles. The lowest BCUT2D eigenvalue weighted by molar-refractivity contribution is 0.0583. The molecule has 1 aromatic rings. The van der Waals surface area contributed by atoms with Crippen molar-refractivity contribution in [2.24, 2.45) is 0 Å². The van der Waals surface area contributed by atoms with Crippen LogP contribution in [0.5, 0.6) is 0 Å². The molecular formula is C8H11BrN2O3. The number of aromatic amines is 1. The van der Waals surface area contributed by atoms with Gasteiger partial charge in [0.2, 0.25) is 0 Å². The van der Waals surface area contributed by atoms with Gasteiger partial charge < -0.3 is 4.74 Å². The number of methoxy groups -OCH3 is 1. The molecule has 14 heavy (non-hydrogen) atoms. The minimum atomic E-state index is -0.538. The lowest BCUT2D eigenvalue weighted by atomic mass is 10.3. The molecule has 1 rings (SSSR count). The summed E-state index contributed by atoms with van der Waals surface area (Å²) >= 11 is 3.05. The average molecular weight is 263 g/mol. The maximum atomic E-state index is 11.3. The van der Waals surface area contributed by atoms with Crippen LogP contribution in [0.1, 0.15) is 30.4 Å². The molecule has 0 saturated heterocycles. The fourth-order valence-corrected chi connectivity index (χ4v) is 1.54. The molecule has 0 fully saturated rings. The van der Waals surface area contributed by atoms with E-state index in [1.165, 1.54) is 11.8 Å². The Balaban J connectivity index is 3.38. The Morgan fingerprint density at radius 1 is 1.57 bits per heavy atom. The second-order valence-electron chi connectivity index (χ2n) is 3.06. The van der Waals surface area contributed by atoms with Gasteiger partial charge in [-0.15, -0.1) is 0 Å². The zero-order valence-corrected chi connectivity index (χ0v) is 9.71. The molecule has 0 bridgehead atoms. The number of hydrogen-bond donors (Lipinski definition) is 1. The molecule has 0 unspecified atom stereocenters. The number of aromatic nitrogens is 2. The van der Waals surface area contributed by atoms with Gasteiger partial charge in [-0.3, -0.25) is 14.6 Å². The highest BCUT2D eigenvalue weighted by Crippen LogP contribution is 2.16. The molecule has 0 radical (unpaired) electrons. The van der Waals surface area contributed by atoms with Crippen molar-refractivity contribution in [1.82, 2.24) is 9.78 Å². The van der Waals surface area contributed by atoms with Crippen molar-refractivity contribution in [1.29, 1.82) is 0 Å². The summed E-state index contributed by atoms with van der Waals surface area (Å²) in [6, 6.07) is -0.0110. The molecule has 0 aromatic carbocycles. The molecular weight excluding hydrogens is 252 g/mol. The predicted molar refractivity (Wildman–Crippen MR) is 54.5 cm³/mol. The molecule has 0 saturated carbocycles. The zero-order valence-electron chi connectivity index (χ0n) is 8.13. The van der Waals surface area contributed by atoms with Crippen molar-refractivity contribution in [2.45, 2.75) is 19.9 Å². The number of halogens is 1. The first-order chi connectivity index (χ1) is 6.49. The number of esters is 1. The monoisotopic (exact) mass is 262 g/mol. The molecule has 0 aliphatic carbocycles. The number of carbonyl (C=O) groups is 1. The molecule has 0 amide bonds. The summed E-state index contributed by atoms with van der Waals surface area (Å²) in [7, 11) is 1.27. The standard InChI is InChI=1S/C8H11BrN2O3/c1-4(2)11-6(8(13)14-3)5(9)7(12)10-11/h4H,1-3H3,(H,10,12). The van der Waals surface area contributed by atoms with Gasteiger partial charge in [-0.2, -0.15) is 0 Å². The number of hydrogen-bond acceptors (Lipinski definition) is 3. The number of H-pyrrole nitrogens is 1. The summed E-state index contributed by atoms with van der Waals surface area (Å²) in [6.45, 7) is 3.71. The van der Waals surface area contributed by atoms with Crippen molar-refractivity contribution in [3.05, 3.63) is 20.5 Å². The van der Waals surface area contributed by atoms with Gasteiger partial charge in [0, 0.05) is 6.04 Å². The van der Waals surface area contributed by atoms with Gasteiger partial charge in [-0.25, -0.2) is 4.79 Å². The second-order valence-corrected chi connectivity index (χ2v) is 3.85. The van der Waals surface area contributed by atoms with E-state index in [-0.39, 0.29) is 21.8 Å². The lowest BCUT2D eigenvalue weighted by Gasteiger charge is -2.09. The smallest absolute Gasteiger partial charge is 0.357 e. The van der Waals surface area contributed by atoms with Gasteiger partial charge in [0.05, 0.1) is 7.11 Å². The summed E-state index contributed by atoms with van der Waals surface area (Å²) in [5, 5.41) is 2.54. The largest absolute Gasteiger partial charge is 0.464 e. The minimum absolute atomic E-state index is 0.0110. The lowest BCUT2D eigenvalue weighted by Crippen LogP contribution is -2.14. The second kappa shape index (κ2) is 4.00. The van der Waals surface area contributed by atoms with Crippen LogP contribution in [0, 0.1) is 0 Å². The van der Waals surface area contributed by atoms with Crippen molar-refractivity contribution < 1.29 is 9.53 Å². The molecule has 0 aliphatic rings. The Bertz CT molecular complexity index is 405. The van der Waals surface area contributed by atoms with Crippen LogP contribution >= 0.6 is 15.9 Å². The van der Waals surface area contributed by atoms with Gasteiger partial charge in [0.1, 0.15) is 4.47 Å². The number of rotatable bonds is 2. The summed E-state index contributed by atoms with van der Waals surface area (Å²) in [5.41, 5.74) is -0.119. The summed E-state index contributed by atoms with van der Waals surface area (Å²) in [4.78, 5) is 22.6. The first kappa shape index (κ1) is 11.0. The van der Waals surface area contributed by atoms with E-state index in [2.05, 4.69) is 25.8 Å². The van der Waals surface area contributed by atoms with Crippen LogP contribution in [-0.4, -0.2) is 22.9 Å². The third-order valence-electron chi connectivity index (χ3n) is 1.77. The van der Waals surface area contributed by atoms with Crippen LogP contribution in [0.25, 0.3) is 0 Å². The summed E-state index contributed by atoms with van der Waals surface area (Å²) in [6.07, 6.45) is 0. The highest BCUT2D eigenvalue weighted by atomic mass is 79.9. The van der Waals surface area contributed by atoms with E-state index in [1.807, 2.05) is 13.8 Å². The van der Waals surface area contributed by atoms with Crippen LogP contribution in [0.15, 0.2) is 9.27 Å². The number of nitrogens with zero attached hydrogens (tertiary/aromatic N) is 1. The van der Waals surface area contributed by atoms with Crippen LogP contribution in [0.3, 0.4) is 0 Å². The quantitative estimate of drug-likeness (QED) is 0.818. The predicted octanol–water partition coefficient (Wildman–Crippen LogP) is 1.31. The van der Waals surface area contributed by atoms with Crippen LogP contribution in [0.2, 0.25) is 0 Å². The minimum Gasteiger partial charge on any atom is -0.464 e. The molecule has 0 spiro atoms. The van der Waals surface area contributed by atoms with Gasteiger partial charge >= 0.3 is 5.97 Å². The van der Waals surface area contributed by atoms with Crippen LogP contribution in [-0.2, 0) is 4.74 Å². The van der Waals surface area contributed by atoms with E-state index in [0.29, 0.717) is 0 Å². The Morgan fingerprint density at radius 2 is 2.14 bits per heavy atom. The fourth-order valence-electron chi connectivity index (χ4n) is 1.10. The van der Waals surface area contributed by atoms with Crippen molar-refractivity contribution in [3.8, 4) is 0 Å². The number of carbonyl (C=O) groups excluding carboxylic acids is 1. The third kappa shape index (κ3) is 1.75. The first-order valence-electron chi connectivity index (χ1n) is 4.07. The highest BCUT2D eigenvalue weighted by molar-refractivity contribution is 9.10. The molecule has 0 atom stereocenters. The summed E-state index contributed by atoms with van der Waals surface area (Å²) in [5.74, 6) is -0.538. The molecule has 5 nitrogen and oxygen atoms in total. The van der Waals surface area contributed by atoms with E-state index in [4.69, 9.17) is 0 Å². The van der Waals surface area contributed by atoms with Gasteiger partial charge in [-0.05, 0) is 29.8 Å². The molecule has 78 valence electrons. The maximum Gasteiger partial charge on any atom is 0.357 e.